The Labute approximate surface area is 169 Å². The quantitative estimate of drug-likeness (QED) is 0.398. The van der Waals surface area contributed by atoms with Gasteiger partial charge in [-0.15, -0.1) is 11.6 Å². The lowest BCUT2D eigenvalue weighted by molar-refractivity contribution is 0.252. The summed E-state index contributed by atoms with van der Waals surface area (Å²) in [5.74, 6) is 1.30. The number of halogens is 1. The van der Waals surface area contributed by atoms with Gasteiger partial charge in [-0.2, -0.15) is 0 Å². The molecule has 0 aliphatic carbocycles. The lowest BCUT2D eigenvalue weighted by Gasteiger charge is -2.12. The van der Waals surface area contributed by atoms with Crippen LogP contribution in [0.2, 0.25) is 0 Å². The Bertz CT molecular complexity index is 984. The van der Waals surface area contributed by atoms with E-state index in [0.717, 1.165) is 40.9 Å². The fourth-order valence-electron chi connectivity index (χ4n) is 3.31. The van der Waals surface area contributed by atoms with Crippen LogP contribution in [0.3, 0.4) is 0 Å². The average Bonchev–Trinajstić information content (AvgIpc) is 2.99. The van der Waals surface area contributed by atoms with Gasteiger partial charge in [0.2, 0.25) is 0 Å². The van der Waals surface area contributed by atoms with Gasteiger partial charge in [0.15, 0.2) is 0 Å². The number of rotatable bonds is 7. The zero-order valence-electron chi connectivity index (χ0n) is 16.1. The summed E-state index contributed by atoms with van der Waals surface area (Å²) < 4.78 is 7.52. The Morgan fingerprint density at radius 2 is 2.07 bits per heavy atom. The monoisotopic (exact) mass is 400 g/mol. The van der Waals surface area contributed by atoms with Crippen LogP contribution in [0.25, 0.3) is 22.2 Å². The molecule has 3 rings (SSSR count). The van der Waals surface area contributed by atoms with Crippen molar-refractivity contribution in [2.45, 2.75) is 19.9 Å². The maximum absolute atomic E-state index is 12.0. The zero-order valence-corrected chi connectivity index (χ0v) is 16.8. The molecule has 2 amide bonds. The standard InChI is InChI=1S/C21H25ClN4O2/c1-3-26-18-13-16(28-2)8-9-17(18)19(23)20(26)14-6-4-7-15(12-14)25-21(27)24-11-5-10-22/h4,6-9,12-13H,3,5,10-11,23H2,1-2H3,(H2,24,25,27). The van der Waals surface area contributed by atoms with Gasteiger partial charge in [-0.25, -0.2) is 4.79 Å². The molecule has 148 valence electrons. The van der Waals surface area contributed by atoms with Crippen molar-refractivity contribution in [3.05, 3.63) is 42.5 Å². The molecule has 2 aromatic carbocycles. The molecule has 7 heteroatoms. The number of carbonyl (C=O) groups is 1. The number of aromatic nitrogens is 1. The summed E-state index contributed by atoms with van der Waals surface area (Å²) in [5, 5.41) is 6.62. The van der Waals surface area contributed by atoms with Crippen molar-refractivity contribution in [1.29, 1.82) is 0 Å². The minimum absolute atomic E-state index is 0.254. The van der Waals surface area contributed by atoms with Crippen LogP contribution in [0.15, 0.2) is 42.5 Å². The Morgan fingerprint density at radius 3 is 2.79 bits per heavy atom. The minimum Gasteiger partial charge on any atom is -0.497 e. The van der Waals surface area contributed by atoms with E-state index in [9.17, 15) is 4.79 Å². The third kappa shape index (κ3) is 4.02. The number of ether oxygens (including phenoxy) is 1. The second-order valence-electron chi connectivity index (χ2n) is 6.39. The van der Waals surface area contributed by atoms with Gasteiger partial charge in [0.25, 0.3) is 0 Å². The van der Waals surface area contributed by atoms with E-state index >= 15 is 0 Å². The first-order valence-corrected chi connectivity index (χ1v) is 9.79. The summed E-state index contributed by atoms with van der Waals surface area (Å²) in [6, 6.07) is 13.3. The number of hydrogen-bond donors (Lipinski definition) is 3. The number of urea groups is 1. The molecule has 0 saturated carbocycles. The summed E-state index contributed by atoms with van der Waals surface area (Å²) in [4.78, 5) is 12.0. The van der Waals surface area contributed by atoms with Gasteiger partial charge in [0.1, 0.15) is 5.75 Å². The SMILES string of the molecule is CCn1c(-c2cccc(NC(=O)NCCCCl)c2)c(N)c2ccc(OC)cc21. The first-order valence-electron chi connectivity index (χ1n) is 9.26. The fraction of sp³-hybridized carbons (Fsp3) is 0.286. The van der Waals surface area contributed by atoms with Gasteiger partial charge in [-0.05, 0) is 37.6 Å². The molecule has 6 nitrogen and oxygen atoms in total. The molecule has 0 fully saturated rings. The number of nitrogens with zero attached hydrogens (tertiary/aromatic N) is 1. The van der Waals surface area contributed by atoms with Gasteiger partial charge in [-0.1, -0.05) is 12.1 Å². The fourth-order valence-corrected chi connectivity index (χ4v) is 3.44. The summed E-state index contributed by atoms with van der Waals surface area (Å²) in [6.07, 6.45) is 0.728. The van der Waals surface area contributed by atoms with Gasteiger partial charge in [0, 0.05) is 41.7 Å². The van der Waals surface area contributed by atoms with E-state index in [2.05, 4.69) is 22.1 Å². The Hall–Kier alpha value is -2.86. The van der Waals surface area contributed by atoms with Gasteiger partial charge < -0.3 is 25.7 Å². The molecule has 1 heterocycles. The van der Waals surface area contributed by atoms with E-state index in [4.69, 9.17) is 22.1 Å². The molecular formula is C21H25ClN4O2. The molecule has 0 aliphatic heterocycles. The zero-order chi connectivity index (χ0) is 20.1. The van der Waals surface area contributed by atoms with Crippen molar-refractivity contribution in [1.82, 2.24) is 9.88 Å². The highest BCUT2D eigenvalue weighted by Crippen LogP contribution is 2.38. The van der Waals surface area contributed by atoms with Crippen LogP contribution >= 0.6 is 11.6 Å². The number of anilines is 2. The molecule has 0 radical (unpaired) electrons. The molecule has 0 bridgehead atoms. The number of methoxy groups -OCH3 is 1. The first kappa shape index (κ1) is 19.9. The van der Waals surface area contributed by atoms with Gasteiger partial charge in [-0.3, -0.25) is 0 Å². The molecule has 0 spiro atoms. The second kappa shape index (κ2) is 8.89. The second-order valence-corrected chi connectivity index (χ2v) is 6.77. The Kier molecular flexibility index (Phi) is 6.31. The summed E-state index contributed by atoms with van der Waals surface area (Å²) >= 11 is 5.64. The number of hydrogen-bond acceptors (Lipinski definition) is 3. The molecule has 4 N–H and O–H groups in total. The van der Waals surface area contributed by atoms with Gasteiger partial charge in [0.05, 0.1) is 24.0 Å². The number of benzene rings is 2. The predicted molar refractivity (Wildman–Crippen MR) is 116 cm³/mol. The molecule has 0 atom stereocenters. The largest absolute Gasteiger partial charge is 0.497 e. The van der Waals surface area contributed by atoms with Crippen molar-refractivity contribution in [2.24, 2.45) is 0 Å². The summed E-state index contributed by atoms with van der Waals surface area (Å²) in [5.41, 5.74) is 10.8. The van der Waals surface area contributed by atoms with Crippen molar-refractivity contribution in [3.8, 4) is 17.0 Å². The van der Waals surface area contributed by atoms with Crippen LogP contribution in [-0.4, -0.2) is 30.1 Å². The molecule has 0 aliphatic rings. The Balaban J connectivity index is 1.96. The number of nitrogen functional groups attached to an aromatic ring is 1. The third-order valence-corrected chi connectivity index (χ3v) is 4.88. The Morgan fingerprint density at radius 1 is 1.25 bits per heavy atom. The number of amides is 2. The van der Waals surface area contributed by atoms with Crippen LogP contribution in [0.5, 0.6) is 5.75 Å². The highest BCUT2D eigenvalue weighted by atomic mass is 35.5. The van der Waals surface area contributed by atoms with Crippen LogP contribution in [0, 0.1) is 0 Å². The number of nitrogens with two attached hydrogens (primary N) is 1. The number of nitrogens with one attached hydrogen (secondary N) is 2. The normalized spacial score (nSPS) is 10.8. The topological polar surface area (TPSA) is 81.3 Å². The highest BCUT2D eigenvalue weighted by molar-refractivity contribution is 6.17. The molecule has 3 aromatic rings. The van der Waals surface area contributed by atoms with Crippen molar-refractivity contribution < 1.29 is 9.53 Å². The number of aryl methyl sites for hydroxylation is 1. The summed E-state index contributed by atoms with van der Waals surface area (Å²) in [6.45, 7) is 3.37. The van der Waals surface area contributed by atoms with E-state index in [1.807, 2.05) is 42.5 Å². The molecule has 1 aromatic heterocycles. The number of carbonyl (C=O) groups excluding carboxylic acids is 1. The predicted octanol–water partition coefficient (Wildman–Crippen LogP) is 4.67. The lowest BCUT2D eigenvalue weighted by Crippen LogP contribution is -2.29. The van der Waals surface area contributed by atoms with E-state index in [-0.39, 0.29) is 6.03 Å². The minimum atomic E-state index is -0.254. The van der Waals surface area contributed by atoms with Crippen molar-refractivity contribution in [2.75, 3.05) is 30.6 Å². The lowest BCUT2D eigenvalue weighted by atomic mass is 10.1. The van der Waals surface area contributed by atoms with E-state index in [1.165, 1.54) is 0 Å². The van der Waals surface area contributed by atoms with Gasteiger partial charge >= 0.3 is 6.03 Å². The molecule has 28 heavy (non-hydrogen) atoms. The summed E-state index contributed by atoms with van der Waals surface area (Å²) in [7, 11) is 1.65. The number of alkyl halides is 1. The van der Waals surface area contributed by atoms with Crippen LogP contribution in [0.4, 0.5) is 16.2 Å². The van der Waals surface area contributed by atoms with E-state index < -0.39 is 0 Å². The maximum Gasteiger partial charge on any atom is 0.319 e. The third-order valence-electron chi connectivity index (χ3n) is 4.62. The molecule has 0 unspecified atom stereocenters. The first-order chi connectivity index (χ1) is 13.6. The molecule has 0 saturated heterocycles. The van der Waals surface area contributed by atoms with Crippen molar-refractivity contribution in [3.63, 3.8) is 0 Å². The smallest absolute Gasteiger partial charge is 0.319 e. The van der Waals surface area contributed by atoms with Crippen LogP contribution in [0.1, 0.15) is 13.3 Å². The number of fused-ring (bicyclic) bond motifs is 1. The van der Waals surface area contributed by atoms with Crippen molar-refractivity contribution >= 4 is 39.9 Å². The van der Waals surface area contributed by atoms with Crippen LogP contribution in [-0.2, 0) is 6.54 Å². The van der Waals surface area contributed by atoms with E-state index in [0.29, 0.717) is 23.8 Å². The average molecular weight is 401 g/mol. The molecular weight excluding hydrogens is 376 g/mol. The highest BCUT2D eigenvalue weighted by Gasteiger charge is 2.17. The maximum atomic E-state index is 12.0. The van der Waals surface area contributed by atoms with Crippen LogP contribution < -0.4 is 21.1 Å². The van der Waals surface area contributed by atoms with E-state index in [1.54, 1.807) is 7.11 Å².